The number of fused-ring (bicyclic) bond motifs is 1. The van der Waals surface area contributed by atoms with Gasteiger partial charge >= 0.3 is 5.71 Å². The van der Waals surface area contributed by atoms with Gasteiger partial charge in [-0.25, -0.2) is 0 Å². The van der Waals surface area contributed by atoms with Gasteiger partial charge in [0.25, 0.3) is 15.8 Å². The first-order chi connectivity index (χ1) is 9.25. The highest BCUT2D eigenvalue weighted by Crippen LogP contribution is 2.29. The van der Waals surface area contributed by atoms with E-state index in [9.17, 15) is 23.6 Å². The number of aliphatic hydroxyl groups is 1. The van der Waals surface area contributed by atoms with Crippen LogP contribution < -0.4 is 0 Å². The van der Waals surface area contributed by atoms with Gasteiger partial charge in [0.15, 0.2) is 6.10 Å². The van der Waals surface area contributed by atoms with Gasteiger partial charge in [0.1, 0.15) is 4.91 Å². The molecular formula is C10H7N3O6S. The molecule has 10 heteroatoms. The smallest absolute Gasteiger partial charge is 0.333 e. The quantitative estimate of drug-likeness (QED) is 0.261. The predicted molar refractivity (Wildman–Crippen MR) is 66.4 cm³/mol. The number of rotatable bonds is 2. The van der Waals surface area contributed by atoms with Gasteiger partial charge in [-0.2, -0.15) is 13.2 Å². The van der Waals surface area contributed by atoms with E-state index in [1.807, 2.05) is 0 Å². The van der Waals surface area contributed by atoms with Crippen molar-refractivity contribution in [1.82, 2.24) is 0 Å². The second-order valence-electron chi connectivity index (χ2n) is 3.94. The van der Waals surface area contributed by atoms with Crippen molar-refractivity contribution in [3.8, 4) is 0 Å². The average Bonchev–Trinajstić information content (AvgIpc) is 2.36. The van der Waals surface area contributed by atoms with Gasteiger partial charge in [-0.1, -0.05) is 0 Å². The summed E-state index contributed by atoms with van der Waals surface area (Å²) in [6.45, 7) is 0. The molecule has 0 heterocycles. The summed E-state index contributed by atoms with van der Waals surface area (Å²) in [5.41, 5.74) is 8.27. The Morgan fingerprint density at radius 1 is 1.40 bits per heavy atom. The lowest BCUT2D eigenvalue weighted by Crippen LogP contribution is -2.32. The summed E-state index contributed by atoms with van der Waals surface area (Å²) in [7, 11) is -4.74. The Kier molecular flexibility index (Phi) is 3.24. The van der Waals surface area contributed by atoms with E-state index in [2.05, 4.69) is 4.79 Å². The first kappa shape index (κ1) is 14.0. The average molecular weight is 297 g/mol. The van der Waals surface area contributed by atoms with E-state index in [0.717, 1.165) is 18.2 Å². The molecule has 1 aromatic rings. The summed E-state index contributed by atoms with van der Waals surface area (Å²) >= 11 is 0. The molecule has 20 heavy (non-hydrogen) atoms. The van der Waals surface area contributed by atoms with E-state index in [4.69, 9.17) is 10.1 Å². The molecule has 0 aliphatic heterocycles. The number of benzene rings is 1. The Morgan fingerprint density at radius 3 is 2.55 bits per heavy atom. The summed E-state index contributed by atoms with van der Waals surface area (Å²) in [5.74, 6) is 0. The number of non-ortho nitro benzene ring substituents is 1. The largest absolute Gasteiger partial charge is 0.376 e. The Morgan fingerprint density at radius 2 is 2.05 bits per heavy atom. The van der Waals surface area contributed by atoms with Crippen molar-refractivity contribution in [2.24, 2.45) is 0 Å². The van der Waals surface area contributed by atoms with Crippen LogP contribution in [0, 0.1) is 10.1 Å². The lowest BCUT2D eigenvalue weighted by molar-refractivity contribution is -0.384. The summed E-state index contributed by atoms with van der Waals surface area (Å²) in [6, 6.07) is 3.36. The molecule has 0 spiro atoms. The third-order valence-corrected chi connectivity index (χ3v) is 3.69. The zero-order chi connectivity index (χ0) is 15.1. The number of nitrogens with zero attached hydrogens (tertiary/aromatic N) is 3. The van der Waals surface area contributed by atoms with E-state index in [1.165, 1.54) is 6.07 Å². The molecule has 1 unspecified atom stereocenters. The fourth-order valence-electron chi connectivity index (χ4n) is 1.85. The first-order valence-corrected chi connectivity index (χ1v) is 6.57. The molecule has 0 saturated heterocycles. The number of nitro groups is 1. The van der Waals surface area contributed by atoms with Crippen LogP contribution in [0.5, 0.6) is 0 Å². The topological polar surface area (TPSA) is 154 Å². The highest BCUT2D eigenvalue weighted by Gasteiger charge is 2.39. The van der Waals surface area contributed by atoms with Crippen LogP contribution in [0.25, 0.3) is 11.6 Å². The molecule has 0 amide bonds. The van der Waals surface area contributed by atoms with Crippen LogP contribution in [0.4, 0.5) is 5.69 Å². The highest BCUT2D eigenvalue weighted by atomic mass is 32.2. The fourth-order valence-corrected chi connectivity index (χ4v) is 2.52. The molecule has 2 rings (SSSR count). The van der Waals surface area contributed by atoms with Crippen molar-refractivity contribution in [3.05, 3.63) is 49.9 Å². The molecule has 0 fully saturated rings. The van der Waals surface area contributed by atoms with Gasteiger partial charge in [-0.05, 0) is 17.7 Å². The molecule has 0 bridgehead atoms. The van der Waals surface area contributed by atoms with E-state index >= 15 is 0 Å². The lowest BCUT2D eigenvalue weighted by atomic mass is 9.93. The molecule has 1 aliphatic carbocycles. The third-order valence-electron chi connectivity index (χ3n) is 2.75. The maximum Gasteiger partial charge on any atom is 0.333 e. The van der Waals surface area contributed by atoms with Gasteiger partial charge in [0.2, 0.25) is 0 Å². The molecule has 0 radical (unpaired) electrons. The number of nitro benzene ring substituents is 1. The van der Waals surface area contributed by atoms with E-state index in [0.29, 0.717) is 0 Å². The van der Waals surface area contributed by atoms with Crippen LogP contribution in [0.2, 0.25) is 0 Å². The standard InChI is InChI=1S/C10H7N3O6S/c11-12-9-7-2-1-6(13(15)16)3-5(7)4-8(10(9)14)20(17,18)19/h1-4,10,14H,(H,17,18,19). The zero-order valence-electron chi connectivity index (χ0n) is 9.66. The summed E-state index contributed by atoms with van der Waals surface area (Å²) in [5, 5.41) is 20.4. The number of hydrogen-bond acceptors (Lipinski definition) is 5. The van der Waals surface area contributed by atoms with Crippen molar-refractivity contribution in [1.29, 1.82) is 0 Å². The van der Waals surface area contributed by atoms with Crippen molar-refractivity contribution in [2.75, 3.05) is 0 Å². The van der Waals surface area contributed by atoms with Gasteiger partial charge in [0, 0.05) is 12.1 Å². The fraction of sp³-hybridized carbons (Fsp3) is 0.100. The summed E-state index contributed by atoms with van der Waals surface area (Å²) in [4.78, 5) is 11.9. The van der Waals surface area contributed by atoms with Crippen LogP contribution in [-0.4, -0.2) is 39.6 Å². The van der Waals surface area contributed by atoms with Crippen LogP contribution in [0.1, 0.15) is 11.1 Å². The maximum atomic E-state index is 11.1. The normalized spacial score (nSPS) is 18.0. The Hall–Kier alpha value is -2.39. The minimum atomic E-state index is -4.74. The molecular weight excluding hydrogens is 290 g/mol. The van der Waals surface area contributed by atoms with Gasteiger partial charge < -0.3 is 10.6 Å². The Balaban J connectivity index is 2.78. The van der Waals surface area contributed by atoms with E-state index in [1.54, 1.807) is 0 Å². The first-order valence-electron chi connectivity index (χ1n) is 5.13. The lowest BCUT2D eigenvalue weighted by Gasteiger charge is -2.15. The Bertz CT molecular complexity index is 791. The molecule has 1 atom stereocenters. The summed E-state index contributed by atoms with van der Waals surface area (Å²) in [6.07, 6.45) is -0.972. The minimum absolute atomic E-state index is 0.0323. The van der Waals surface area contributed by atoms with Gasteiger partial charge in [-0.3, -0.25) is 14.7 Å². The van der Waals surface area contributed by atoms with E-state index in [-0.39, 0.29) is 16.8 Å². The van der Waals surface area contributed by atoms with Crippen molar-refractivity contribution < 1.29 is 27.8 Å². The monoisotopic (exact) mass is 297 g/mol. The summed E-state index contributed by atoms with van der Waals surface area (Å²) < 4.78 is 31.3. The highest BCUT2D eigenvalue weighted by molar-refractivity contribution is 7.90. The molecule has 0 aromatic heterocycles. The predicted octanol–water partition coefficient (Wildman–Crippen LogP) is 0.217. The minimum Gasteiger partial charge on any atom is -0.376 e. The van der Waals surface area contributed by atoms with Crippen LogP contribution in [-0.2, 0) is 10.1 Å². The van der Waals surface area contributed by atoms with Crippen LogP contribution in [0.3, 0.4) is 0 Å². The molecule has 9 nitrogen and oxygen atoms in total. The van der Waals surface area contributed by atoms with E-state index < -0.39 is 31.8 Å². The SMILES string of the molecule is [N-]=[N+]=C1c2ccc([N+](=O)[O-])cc2C=C(S(=O)(=O)O)C1O. The number of aliphatic hydroxyl groups excluding tert-OH is 1. The number of hydrogen-bond donors (Lipinski definition) is 2. The second-order valence-corrected chi connectivity index (χ2v) is 5.36. The van der Waals surface area contributed by atoms with Gasteiger partial charge in [0.05, 0.1) is 10.5 Å². The second kappa shape index (κ2) is 4.62. The van der Waals surface area contributed by atoms with Crippen molar-refractivity contribution in [3.63, 3.8) is 0 Å². The van der Waals surface area contributed by atoms with Crippen molar-refractivity contribution in [2.45, 2.75) is 6.10 Å². The van der Waals surface area contributed by atoms with Crippen molar-refractivity contribution >= 4 is 27.6 Å². The Labute approximate surface area is 112 Å². The van der Waals surface area contributed by atoms with Crippen LogP contribution in [0.15, 0.2) is 23.1 Å². The molecule has 1 aromatic carbocycles. The van der Waals surface area contributed by atoms with Crippen LogP contribution >= 0.6 is 0 Å². The third kappa shape index (κ3) is 2.24. The van der Waals surface area contributed by atoms with Gasteiger partial charge in [-0.15, -0.1) is 0 Å². The molecule has 104 valence electrons. The zero-order valence-corrected chi connectivity index (χ0v) is 10.5. The molecule has 1 aliphatic rings. The molecule has 2 N–H and O–H groups in total. The molecule has 0 saturated carbocycles. The maximum absolute atomic E-state index is 11.1.